The third-order valence-electron chi connectivity index (χ3n) is 7.22. The molecular weight excluding hydrogens is 372 g/mol. The van der Waals surface area contributed by atoms with E-state index in [1.807, 2.05) is 12.1 Å². The number of likely N-dealkylation sites (tertiary alicyclic amines) is 1. The number of nitrogen functional groups attached to an aromatic ring is 1. The highest BCUT2D eigenvalue weighted by Crippen LogP contribution is 2.49. The number of ether oxygens (including phenoxy) is 1. The van der Waals surface area contributed by atoms with Crippen molar-refractivity contribution < 1.29 is 9.53 Å². The van der Waals surface area contributed by atoms with Crippen molar-refractivity contribution in [3.63, 3.8) is 0 Å². The molecule has 4 nitrogen and oxygen atoms in total. The quantitative estimate of drug-likeness (QED) is 0.338. The van der Waals surface area contributed by atoms with Crippen molar-refractivity contribution in [1.82, 2.24) is 4.90 Å². The van der Waals surface area contributed by atoms with Gasteiger partial charge in [-0.15, -0.1) is 0 Å². The minimum Gasteiger partial charge on any atom is -0.423 e. The predicted octanol–water partition coefficient (Wildman–Crippen LogP) is 4.98. The molecule has 4 heteroatoms. The van der Waals surface area contributed by atoms with Gasteiger partial charge in [0.1, 0.15) is 5.75 Å². The molecule has 2 N–H and O–H groups in total. The number of nitrogens with zero attached hydrogens (tertiary/aromatic N) is 1. The number of benzene rings is 2. The monoisotopic (exact) mass is 404 g/mol. The van der Waals surface area contributed by atoms with E-state index in [0.717, 1.165) is 25.9 Å². The maximum Gasteiger partial charge on any atom is 0.345 e. The minimum absolute atomic E-state index is 0.0912. The van der Waals surface area contributed by atoms with Crippen molar-refractivity contribution in [2.75, 3.05) is 18.8 Å². The summed E-state index contributed by atoms with van der Waals surface area (Å²) in [7, 11) is 0. The third kappa shape index (κ3) is 3.65. The summed E-state index contributed by atoms with van der Waals surface area (Å²) in [6.07, 6.45) is 4.49. The number of nitrogens with two attached hydrogens (primary N) is 1. The molecule has 1 fully saturated rings. The summed E-state index contributed by atoms with van der Waals surface area (Å²) in [4.78, 5) is 15.3. The molecule has 2 aromatic carbocycles. The molecule has 4 rings (SSSR count). The first kappa shape index (κ1) is 20.7. The molecular formula is C26H32N2O2. The van der Waals surface area contributed by atoms with Crippen LogP contribution in [0.1, 0.15) is 55.6 Å². The predicted molar refractivity (Wildman–Crippen MR) is 122 cm³/mol. The normalized spacial score (nSPS) is 25.3. The van der Waals surface area contributed by atoms with Crippen LogP contribution in [0.3, 0.4) is 0 Å². The Morgan fingerprint density at radius 3 is 2.77 bits per heavy atom. The van der Waals surface area contributed by atoms with E-state index in [1.165, 1.54) is 16.7 Å². The van der Waals surface area contributed by atoms with Gasteiger partial charge in [0.25, 0.3) is 0 Å². The van der Waals surface area contributed by atoms with Gasteiger partial charge in [0.15, 0.2) is 0 Å². The number of carbonyl (C=O) groups excluding carboxylic acids is 1. The summed E-state index contributed by atoms with van der Waals surface area (Å²) in [5, 5.41) is 0. The summed E-state index contributed by atoms with van der Waals surface area (Å²) in [5.74, 6) is 0.734. The van der Waals surface area contributed by atoms with Gasteiger partial charge in [-0.05, 0) is 80.0 Å². The van der Waals surface area contributed by atoms with Crippen LogP contribution < -0.4 is 10.5 Å². The molecule has 30 heavy (non-hydrogen) atoms. The standard InChI is InChI=1S/C26H32N2O2/c1-17(2)11-13-28-14-12-26(4)18(3)24(28)15-19-9-10-20(16-22(19)26)30-25(29)21-7-5-6-8-23(21)27/h5-11,16,18,24H,12-15,27H2,1-4H3. The molecule has 3 atom stereocenters. The van der Waals surface area contributed by atoms with Gasteiger partial charge in [-0.1, -0.05) is 43.7 Å². The Hall–Kier alpha value is -2.59. The summed E-state index contributed by atoms with van der Waals surface area (Å²) in [6, 6.07) is 13.7. The van der Waals surface area contributed by atoms with Crippen LogP contribution in [0.2, 0.25) is 0 Å². The molecule has 1 aliphatic heterocycles. The number of hydrogen-bond donors (Lipinski definition) is 1. The third-order valence-corrected chi connectivity index (χ3v) is 7.22. The van der Waals surface area contributed by atoms with Crippen molar-refractivity contribution in [2.24, 2.45) is 5.92 Å². The van der Waals surface area contributed by atoms with Gasteiger partial charge >= 0.3 is 5.97 Å². The average Bonchev–Trinajstić information content (AvgIpc) is 2.70. The van der Waals surface area contributed by atoms with Gasteiger partial charge < -0.3 is 10.5 Å². The number of para-hydroxylation sites is 1. The van der Waals surface area contributed by atoms with Crippen LogP contribution in [0.5, 0.6) is 5.75 Å². The Bertz CT molecular complexity index is 992. The van der Waals surface area contributed by atoms with Crippen LogP contribution in [0.15, 0.2) is 54.1 Å². The topological polar surface area (TPSA) is 55.6 Å². The van der Waals surface area contributed by atoms with E-state index >= 15 is 0 Å². The number of rotatable bonds is 4. The van der Waals surface area contributed by atoms with E-state index < -0.39 is 5.97 Å². The summed E-state index contributed by atoms with van der Waals surface area (Å²) in [5.41, 5.74) is 11.0. The maximum absolute atomic E-state index is 12.6. The fraction of sp³-hybridized carbons (Fsp3) is 0.423. The lowest BCUT2D eigenvalue weighted by atomic mass is 9.59. The van der Waals surface area contributed by atoms with Crippen LogP contribution >= 0.6 is 0 Å². The number of piperidine rings is 1. The van der Waals surface area contributed by atoms with E-state index in [2.05, 4.69) is 50.8 Å². The number of hydrogen-bond acceptors (Lipinski definition) is 4. The highest BCUT2D eigenvalue weighted by atomic mass is 16.5. The Kier molecular flexibility index (Phi) is 5.46. The number of allylic oxidation sites excluding steroid dienone is 1. The minimum atomic E-state index is -0.406. The molecule has 0 spiro atoms. The highest BCUT2D eigenvalue weighted by Gasteiger charge is 2.48. The lowest BCUT2D eigenvalue weighted by molar-refractivity contribution is 0.0395. The summed E-state index contributed by atoms with van der Waals surface area (Å²) >= 11 is 0. The highest BCUT2D eigenvalue weighted by molar-refractivity contribution is 5.96. The fourth-order valence-corrected chi connectivity index (χ4v) is 5.12. The largest absolute Gasteiger partial charge is 0.423 e. The van der Waals surface area contributed by atoms with E-state index in [0.29, 0.717) is 29.0 Å². The van der Waals surface area contributed by atoms with E-state index in [4.69, 9.17) is 10.5 Å². The second kappa shape index (κ2) is 7.92. The van der Waals surface area contributed by atoms with Crippen LogP contribution in [-0.4, -0.2) is 30.0 Å². The van der Waals surface area contributed by atoms with E-state index in [1.54, 1.807) is 18.2 Å². The van der Waals surface area contributed by atoms with Crippen molar-refractivity contribution in [3.8, 4) is 5.75 Å². The van der Waals surface area contributed by atoms with Gasteiger partial charge in [-0.2, -0.15) is 0 Å². The number of esters is 1. The van der Waals surface area contributed by atoms with Gasteiger partial charge in [0.05, 0.1) is 5.56 Å². The summed E-state index contributed by atoms with van der Waals surface area (Å²) < 4.78 is 5.71. The Morgan fingerprint density at radius 1 is 1.27 bits per heavy atom. The Labute approximate surface area is 179 Å². The first-order chi connectivity index (χ1) is 14.3. The fourth-order valence-electron chi connectivity index (χ4n) is 5.12. The lowest BCUT2D eigenvalue weighted by Crippen LogP contribution is -2.57. The summed E-state index contributed by atoms with van der Waals surface area (Å²) in [6.45, 7) is 11.2. The molecule has 1 heterocycles. The van der Waals surface area contributed by atoms with Crippen molar-refractivity contribution in [2.45, 2.75) is 52.0 Å². The van der Waals surface area contributed by atoms with Gasteiger partial charge in [-0.3, -0.25) is 4.90 Å². The molecule has 158 valence electrons. The first-order valence-corrected chi connectivity index (χ1v) is 10.9. The number of fused-ring (bicyclic) bond motifs is 4. The molecule has 2 bridgehead atoms. The van der Waals surface area contributed by atoms with Crippen molar-refractivity contribution in [1.29, 1.82) is 0 Å². The first-order valence-electron chi connectivity index (χ1n) is 10.9. The molecule has 3 unspecified atom stereocenters. The molecule has 2 aromatic rings. The molecule has 1 aliphatic carbocycles. The van der Waals surface area contributed by atoms with Crippen molar-refractivity contribution in [3.05, 3.63) is 70.8 Å². The molecule has 0 aromatic heterocycles. The lowest BCUT2D eigenvalue weighted by Gasteiger charge is -2.54. The number of anilines is 1. The molecule has 2 aliphatic rings. The Balaban J connectivity index is 1.60. The second-order valence-electron chi connectivity index (χ2n) is 9.30. The van der Waals surface area contributed by atoms with E-state index in [9.17, 15) is 4.79 Å². The molecule has 0 saturated carbocycles. The number of carbonyl (C=O) groups is 1. The van der Waals surface area contributed by atoms with Crippen molar-refractivity contribution >= 4 is 11.7 Å². The van der Waals surface area contributed by atoms with Gasteiger partial charge in [0.2, 0.25) is 0 Å². The van der Waals surface area contributed by atoms with Gasteiger partial charge in [0, 0.05) is 18.3 Å². The molecule has 1 saturated heterocycles. The van der Waals surface area contributed by atoms with Crippen LogP contribution in [0.25, 0.3) is 0 Å². The maximum atomic E-state index is 12.6. The molecule has 0 amide bonds. The smallest absolute Gasteiger partial charge is 0.345 e. The second-order valence-corrected chi connectivity index (χ2v) is 9.30. The van der Waals surface area contributed by atoms with Gasteiger partial charge in [-0.25, -0.2) is 4.79 Å². The zero-order valence-corrected chi connectivity index (χ0v) is 18.4. The molecule has 0 radical (unpaired) electrons. The Morgan fingerprint density at radius 2 is 2.03 bits per heavy atom. The van der Waals surface area contributed by atoms with E-state index in [-0.39, 0.29) is 5.41 Å². The zero-order valence-electron chi connectivity index (χ0n) is 18.4. The SMILES string of the molecule is CC(C)=CCN1CCC2(C)c3cc(OC(=O)c4ccccc4N)ccc3CC1C2C. The van der Waals surface area contributed by atoms with Crippen LogP contribution in [-0.2, 0) is 11.8 Å². The zero-order chi connectivity index (χ0) is 21.5. The average molecular weight is 405 g/mol. The van der Waals surface area contributed by atoms with Crippen LogP contribution in [0, 0.1) is 5.92 Å². The van der Waals surface area contributed by atoms with Crippen LogP contribution in [0.4, 0.5) is 5.69 Å².